The minimum atomic E-state index is -1.07. The van der Waals surface area contributed by atoms with Gasteiger partial charge < -0.3 is 15.7 Å². The summed E-state index contributed by atoms with van der Waals surface area (Å²) in [5.41, 5.74) is 5.32. The first-order valence-corrected chi connectivity index (χ1v) is 4.67. The lowest BCUT2D eigenvalue weighted by Gasteiger charge is -2.21. The zero-order chi connectivity index (χ0) is 11.8. The molecule has 1 atom stereocenters. The van der Waals surface area contributed by atoms with Gasteiger partial charge in [0.05, 0.1) is 6.54 Å². The molecule has 0 rings (SSSR count). The highest BCUT2D eigenvalue weighted by molar-refractivity contribution is 5.83. The fraction of sp³-hybridized carbons (Fsp3) is 0.600. The molecule has 0 radical (unpaired) electrons. The number of carboxylic acids is 1. The zero-order valence-corrected chi connectivity index (χ0v) is 8.77. The molecule has 0 aliphatic heterocycles. The van der Waals surface area contributed by atoms with Gasteiger partial charge in [0.25, 0.3) is 0 Å². The summed E-state index contributed by atoms with van der Waals surface area (Å²) >= 11 is 0. The summed E-state index contributed by atoms with van der Waals surface area (Å²) in [5, 5.41) is 8.58. The van der Waals surface area contributed by atoms with Crippen LogP contribution >= 0.6 is 0 Å². The monoisotopic (exact) mass is 212 g/mol. The molecule has 0 aliphatic rings. The molecule has 1 unspecified atom stereocenters. The van der Waals surface area contributed by atoms with E-state index in [0.717, 1.165) is 4.90 Å². The van der Waals surface area contributed by atoms with E-state index >= 15 is 0 Å². The van der Waals surface area contributed by atoms with Gasteiger partial charge in [-0.05, 0) is 13.0 Å². The van der Waals surface area contributed by atoms with Crippen LogP contribution in [0.4, 0.5) is 0 Å². The van der Waals surface area contributed by atoms with E-state index in [1.807, 2.05) is 0 Å². The van der Waals surface area contributed by atoms with Crippen LogP contribution in [0.25, 0.3) is 0 Å². The van der Waals surface area contributed by atoms with Crippen LogP contribution in [0.3, 0.4) is 0 Å². The summed E-state index contributed by atoms with van der Waals surface area (Å²) in [4.78, 5) is 23.3. The number of hydrogen-bond acceptors (Lipinski definition) is 3. The fourth-order valence-electron chi connectivity index (χ4n) is 1.17. The first-order chi connectivity index (χ1) is 7.02. The first kappa shape index (κ1) is 13.5. The molecule has 0 aromatic heterocycles. The van der Waals surface area contributed by atoms with Crippen molar-refractivity contribution in [1.29, 1.82) is 0 Å². The number of nitrogens with two attached hydrogens (primary N) is 1. The van der Waals surface area contributed by atoms with E-state index in [2.05, 4.69) is 5.92 Å². The Morgan fingerprint density at radius 2 is 2.20 bits per heavy atom. The third kappa shape index (κ3) is 5.03. The molecule has 0 saturated heterocycles. The van der Waals surface area contributed by atoms with Crippen molar-refractivity contribution in [2.24, 2.45) is 11.7 Å². The second-order valence-corrected chi connectivity index (χ2v) is 3.27. The smallest absolute Gasteiger partial charge is 0.323 e. The molecule has 0 spiro atoms. The number of carboxylic acid groups (broad SMARTS) is 1. The van der Waals surface area contributed by atoms with Crippen LogP contribution in [0.15, 0.2) is 0 Å². The molecule has 15 heavy (non-hydrogen) atoms. The molecule has 0 bridgehead atoms. The lowest BCUT2D eigenvalue weighted by molar-refractivity contribution is -0.145. The third-order valence-corrected chi connectivity index (χ3v) is 1.94. The minimum Gasteiger partial charge on any atom is -0.480 e. The first-order valence-electron chi connectivity index (χ1n) is 4.67. The lowest BCUT2D eigenvalue weighted by Crippen LogP contribution is -2.39. The summed E-state index contributed by atoms with van der Waals surface area (Å²) in [7, 11) is 0. The highest BCUT2D eigenvalue weighted by Crippen LogP contribution is 2.05. The molecule has 0 fully saturated rings. The summed E-state index contributed by atoms with van der Waals surface area (Å²) < 4.78 is 0. The molecule has 0 heterocycles. The Hall–Kier alpha value is -1.54. The fourth-order valence-corrected chi connectivity index (χ4v) is 1.17. The maximum atomic E-state index is 11.7. The highest BCUT2D eigenvalue weighted by atomic mass is 16.4. The van der Waals surface area contributed by atoms with E-state index < -0.39 is 5.97 Å². The Kier molecular flexibility index (Phi) is 6.14. The number of carbonyl (C=O) groups excluding carboxylic acids is 1. The molecule has 0 aliphatic carbocycles. The van der Waals surface area contributed by atoms with Crippen molar-refractivity contribution in [2.45, 2.75) is 13.3 Å². The molecular weight excluding hydrogens is 196 g/mol. The Balaban J connectivity index is 4.41. The second-order valence-electron chi connectivity index (χ2n) is 3.27. The van der Waals surface area contributed by atoms with Gasteiger partial charge in [0.15, 0.2) is 0 Å². The number of aliphatic carboxylic acids is 1. The van der Waals surface area contributed by atoms with Gasteiger partial charge in [0.2, 0.25) is 5.91 Å². The van der Waals surface area contributed by atoms with E-state index in [1.165, 1.54) is 0 Å². The van der Waals surface area contributed by atoms with Crippen molar-refractivity contribution in [1.82, 2.24) is 4.90 Å². The van der Waals surface area contributed by atoms with Gasteiger partial charge in [0, 0.05) is 5.92 Å². The predicted octanol–water partition coefficient (Wildman–Crippen LogP) is -0.482. The largest absolute Gasteiger partial charge is 0.480 e. The lowest BCUT2D eigenvalue weighted by atomic mass is 10.1. The topological polar surface area (TPSA) is 83.6 Å². The van der Waals surface area contributed by atoms with Crippen LogP contribution in [0.1, 0.15) is 13.3 Å². The zero-order valence-electron chi connectivity index (χ0n) is 8.77. The van der Waals surface area contributed by atoms with Crippen molar-refractivity contribution in [2.75, 3.05) is 19.6 Å². The molecule has 5 heteroatoms. The highest BCUT2D eigenvalue weighted by Gasteiger charge is 2.20. The average molecular weight is 212 g/mol. The van der Waals surface area contributed by atoms with E-state index in [9.17, 15) is 9.59 Å². The van der Waals surface area contributed by atoms with Crippen molar-refractivity contribution in [3.8, 4) is 12.3 Å². The number of carbonyl (C=O) groups is 2. The summed E-state index contributed by atoms with van der Waals surface area (Å²) in [6.45, 7) is 1.75. The predicted molar refractivity (Wildman–Crippen MR) is 55.9 cm³/mol. The summed E-state index contributed by atoms with van der Waals surface area (Å²) in [6, 6.07) is 0. The van der Waals surface area contributed by atoms with Crippen LogP contribution in [0.5, 0.6) is 0 Å². The Labute approximate surface area is 89.2 Å². The second kappa shape index (κ2) is 6.85. The molecule has 84 valence electrons. The van der Waals surface area contributed by atoms with Crippen molar-refractivity contribution < 1.29 is 14.7 Å². The van der Waals surface area contributed by atoms with E-state index in [0.29, 0.717) is 13.0 Å². The Morgan fingerprint density at radius 1 is 1.60 bits per heavy atom. The SMILES string of the molecule is C#CCN(CC(=O)O)C(=O)C(C)CCN. The standard InChI is InChI=1S/C10H16N2O3/c1-3-6-12(7-9(13)14)10(15)8(2)4-5-11/h1,8H,4-7,11H2,2H3,(H,13,14). The van der Waals surface area contributed by atoms with Crippen LogP contribution in [0.2, 0.25) is 0 Å². The van der Waals surface area contributed by atoms with Crippen LogP contribution in [-0.4, -0.2) is 41.5 Å². The molecule has 0 aromatic rings. The van der Waals surface area contributed by atoms with Crippen molar-refractivity contribution >= 4 is 11.9 Å². The van der Waals surface area contributed by atoms with Crippen molar-refractivity contribution in [3.63, 3.8) is 0 Å². The third-order valence-electron chi connectivity index (χ3n) is 1.94. The van der Waals surface area contributed by atoms with Crippen molar-refractivity contribution in [3.05, 3.63) is 0 Å². The minimum absolute atomic E-state index is 0.0139. The number of hydrogen-bond donors (Lipinski definition) is 2. The molecule has 0 saturated carbocycles. The Bertz CT molecular complexity index is 270. The number of amides is 1. The van der Waals surface area contributed by atoms with Gasteiger partial charge in [-0.3, -0.25) is 9.59 Å². The summed E-state index contributed by atoms with van der Waals surface area (Å²) in [6.07, 6.45) is 5.58. The number of rotatable bonds is 6. The molecule has 0 aromatic carbocycles. The van der Waals surface area contributed by atoms with Gasteiger partial charge in [-0.25, -0.2) is 0 Å². The van der Waals surface area contributed by atoms with Gasteiger partial charge in [-0.2, -0.15) is 0 Å². The normalized spacial score (nSPS) is 11.5. The van der Waals surface area contributed by atoms with Crippen LogP contribution in [0, 0.1) is 18.3 Å². The summed E-state index contributed by atoms with van der Waals surface area (Å²) in [5.74, 6) is 0.638. The average Bonchev–Trinajstić information content (AvgIpc) is 2.16. The van der Waals surface area contributed by atoms with E-state index in [-0.39, 0.29) is 24.9 Å². The van der Waals surface area contributed by atoms with Gasteiger partial charge in [0.1, 0.15) is 6.54 Å². The molecule has 1 amide bonds. The van der Waals surface area contributed by atoms with Gasteiger partial charge in [-0.1, -0.05) is 12.8 Å². The van der Waals surface area contributed by atoms with Crippen LogP contribution in [-0.2, 0) is 9.59 Å². The van der Waals surface area contributed by atoms with Gasteiger partial charge in [-0.15, -0.1) is 6.42 Å². The molecule has 3 N–H and O–H groups in total. The van der Waals surface area contributed by atoms with Crippen LogP contribution < -0.4 is 5.73 Å². The van der Waals surface area contributed by atoms with E-state index in [4.69, 9.17) is 17.3 Å². The number of nitrogens with zero attached hydrogens (tertiary/aromatic N) is 1. The molecular formula is C10H16N2O3. The maximum Gasteiger partial charge on any atom is 0.323 e. The maximum absolute atomic E-state index is 11.7. The molecule has 5 nitrogen and oxygen atoms in total. The Morgan fingerprint density at radius 3 is 2.60 bits per heavy atom. The quantitative estimate of drug-likeness (QED) is 0.582. The van der Waals surface area contributed by atoms with Gasteiger partial charge >= 0.3 is 5.97 Å². The number of terminal acetylenes is 1. The van der Waals surface area contributed by atoms with E-state index in [1.54, 1.807) is 6.92 Å².